The fourth-order valence-electron chi connectivity index (χ4n) is 1.54. The Morgan fingerprint density at radius 2 is 2.15 bits per heavy atom. The Morgan fingerprint density at radius 3 is 2.65 bits per heavy atom. The van der Waals surface area contributed by atoms with Gasteiger partial charge in [-0.25, -0.2) is 4.79 Å². The highest BCUT2D eigenvalue weighted by Gasteiger charge is 2.28. The molecule has 0 spiro atoms. The van der Waals surface area contributed by atoms with Crippen molar-refractivity contribution in [2.75, 3.05) is 6.61 Å². The number of rotatable bonds is 6. The van der Waals surface area contributed by atoms with Crippen molar-refractivity contribution in [3.05, 3.63) is 39.4 Å². The van der Waals surface area contributed by atoms with Crippen molar-refractivity contribution in [3.63, 3.8) is 0 Å². The fraction of sp³-hybridized carbons (Fsp3) is 0.333. The van der Waals surface area contributed by atoms with Crippen LogP contribution in [0.25, 0.3) is 0 Å². The Hall–Kier alpha value is -2.32. The van der Waals surface area contributed by atoms with Gasteiger partial charge < -0.3 is 14.9 Å². The number of aliphatic hydroxyl groups is 2. The van der Waals surface area contributed by atoms with Crippen molar-refractivity contribution >= 4 is 17.9 Å². The summed E-state index contributed by atoms with van der Waals surface area (Å²) in [7, 11) is 0. The highest BCUT2D eigenvalue weighted by atomic mass is 16.6. The van der Waals surface area contributed by atoms with E-state index in [0.29, 0.717) is 6.29 Å². The van der Waals surface area contributed by atoms with Gasteiger partial charge in [-0.1, -0.05) is 6.07 Å². The summed E-state index contributed by atoms with van der Waals surface area (Å²) in [5.74, 6) is -1.04. The molecule has 0 aliphatic carbocycles. The lowest BCUT2D eigenvalue weighted by Crippen LogP contribution is -2.29. The zero-order valence-corrected chi connectivity index (χ0v) is 10.6. The van der Waals surface area contributed by atoms with Crippen molar-refractivity contribution < 1.29 is 29.5 Å². The summed E-state index contributed by atoms with van der Waals surface area (Å²) >= 11 is 0. The van der Waals surface area contributed by atoms with E-state index in [4.69, 9.17) is 0 Å². The summed E-state index contributed by atoms with van der Waals surface area (Å²) in [6.07, 6.45) is -3.25. The predicted octanol–water partition coefficient (Wildman–Crippen LogP) is 0.365. The molecule has 2 atom stereocenters. The lowest BCUT2D eigenvalue weighted by molar-refractivity contribution is -0.385. The molecular formula is C12H13NO7. The van der Waals surface area contributed by atoms with E-state index in [9.17, 15) is 29.9 Å². The van der Waals surface area contributed by atoms with Gasteiger partial charge in [-0.2, -0.15) is 0 Å². The molecule has 8 nitrogen and oxygen atoms in total. The highest BCUT2D eigenvalue weighted by Crippen LogP contribution is 2.25. The number of benzene rings is 1. The first-order valence-corrected chi connectivity index (χ1v) is 5.68. The minimum Gasteiger partial charge on any atom is -0.464 e. The van der Waals surface area contributed by atoms with Gasteiger partial charge in [0.2, 0.25) is 0 Å². The summed E-state index contributed by atoms with van der Waals surface area (Å²) in [5, 5.41) is 30.1. The SMILES string of the molecule is CCOC(=O)C(O)C(O)c1ccc(C=O)c([N+](=O)[O-])c1. The number of nitro benzene ring substituents is 1. The molecule has 1 rings (SSSR count). The van der Waals surface area contributed by atoms with E-state index in [2.05, 4.69) is 4.74 Å². The number of aldehydes is 1. The molecule has 108 valence electrons. The third-order valence-electron chi connectivity index (χ3n) is 2.55. The number of esters is 1. The molecule has 0 saturated carbocycles. The predicted molar refractivity (Wildman–Crippen MR) is 66.1 cm³/mol. The molecule has 1 aromatic carbocycles. The normalized spacial score (nSPS) is 13.3. The van der Waals surface area contributed by atoms with Gasteiger partial charge in [0, 0.05) is 6.07 Å². The Kier molecular flexibility index (Phi) is 5.30. The van der Waals surface area contributed by atoms with E-state index in [-0.39, 0.29) is 17.7 Å². The van der Waals surface area contributed by atoms with Crippen LogP contribution >= 0.6 is 0 Å². The van der Waals surface area contributed by atoms with Crippen LogP contribution in [-0.2, 0) is 9.53 Å². The fourth-order valence-corrected chi connectivity index (χ4v) is 1.54. The van der Waals surface area contributed by atoms with Crippen LogP contribution in [-0.4, -0.2) is 40.1 Å². The van der Waals surface area contributed by atoms with Crippen LogP contribution < -0.4 is 0 Å². The van der Waals surface area contributed by atoms with Gasteiger partial charge >= 0.3 is 5.97 Å². The maximum absolute atomic E-state index is 11.3. The molecule has 0 amide bonds. The number of ether oxygens (including phenoxy) is 1. The molecule has 0 fully saturated rings. The second-order valence-electron chi connectivity index (χ2n) is 3.83. The maximum atomic E-state index is 11.3. The summed E-state index contributed by atoms with van der Waals surface area (Å²) < 4.78 is 4.53. The molecule has 0 aliphatic heterocycles. The Bertz CT molecular complexity index is 529. The molecule has 0 aromatic heterocycles. The first kappa shape index (κ1) is 15.7. The summed E-state index contributed by atoms with van der Waals surface area (Å²) in [6, 6.07) is 3.27. The van der Waals surface area contributed by atoms with E-state index in [1.807, 2.05) is 0 Å². The molecule has 8 heteroatoms. The molecule has 2 N–H and O–H groups in total. The number of carbonyl (C=O) groups is 2. The van der Waals surface area contributed by atoms with Crippen LogP contribution in [0.15, 0.2) is 18.2 Å². The zero-order chi connectivity index (χ0) is 15.3. The average molecular weight is 283 g/mol. The number of nitrogens with zero attached hydrogens (tertiary/aromatic N) is 1. The number of carbonyl (C=O) groups excluding carboxylic acids is 2. The largest absolute Gasteiger partial charge is 0.464 e. The van der Waals surface area contributed by atoms with E-state index in [1.165, 1.54) is 13.0 Å². The molecule has 0 bridgehead atoms. The molecule has 0 saturated heterocycles. The van der Waals surface area contributed by atoms with Crippen molar-refractivity contribution in [1.29, 1.82) is 0 Å². The van der Waals surface area contributed by atoms with Crippen LogP contribution in [0.5, 0.6) is 0 Å². The lowest BCUT2D eigenvalue weighted by atomic mass is 10.0. The third kappa shape index (κ3) is 3.37. The minimum atomic E-state index is -1.86. The zero-order valence-electron chi connectivity index (χ0n) is 10.6. The van der Waals surface area contributed by atoms with E-state index in [1.54, 1.807) is 0 Å². The molecule has 0 aliphatic rings. The van der Waals surface area contributed by atoms with Gasteiger partial charge in [0.15, 0.2) is 12.4 Å². The topological polar surface area (TPSA) is 127 Å². The van der Waals surface area contributed by atoms with Crippen molar-refractivity contribution in [3.8, 4) is 0 Å². The highest BCUT2D eigenvalue weighted by molar-refractivity contribution is 5.81. The van der Waals surface area contributed by atoms with Gasteiger partial charge in [0.1, 0.15) is 6.10 Å². The quantitative estimate of drug-likeness (QED) is 0.334. The second kappa shape index (κ2) is 6.73. The van der Waals surface area contributed by atoms with E-state index < -0.39 is 28.8 Å². The Labute approximate surface area is 113 Å². The Balaban J connectivity index is 3.07. The second-order valence-corrected chi connectivity index (χ2v) is 3.83. The molecular weight excluding hydrogens is 270 g/mol. The summed E-state index contributed by atoms with van der Waals surface area (Å²) in [4.78, 5) is 31.9. The van der Waals surface area contributed by atoms with E-state index >= 15 is 0 Å². The molecule has 2 unspecified atom stereocenters. The van der Waals surface area contributed by atoms with Crippen LogP contribution in [0.1, 0.15) is 28.9 Å². The van der Waals surface area contributed by atoms with Gasteiger partial charge in [0.05, 0.1) is 17.1 Å². The van der Waals surface area contributed by atoms with Crippen LogP contribution in [0.3, 0.4) is 0 Å². The number of aliphatic hydroxyl groups excluding tert-OH is 2. The lowest BCUT2D eigenvalue weighted by Gasteiger charge is -2.16. The van der Waals surface area contributed by atoms with Crippen LogP contribution in [0.4, 0.5) is 5.69 Å². The van der Waals surface area contributed by atoms with Gasteiger partial charge in [0.25, 0.3) is 5.69 Å². The van der Waals surface area contributed by atoms with Crippen LogP contribution in [0.2, 0.25) is 0 Å². The maximum Gasteiger partial charge on any atom is 0.338 e. The monoisotopic (exact) mass is 283 g/mol. The number of hydrogen-bond donors (Lipinski definition) is 2. The van der Waals surface area contributed by atoms with Gasteiger partial charge in [-0.15, -0.1) is 0 Å². The van der Waals surface area contributed by atoms with E-state index in [0.717, 1.165) is 12.1 Å². The molecule has 20 heavy (non-hydrogen) atoms. The van der Waals surface area contributed by atoms with Crippen molar-refractivity contribution in [2.45, 2.75) is 19.1 Å². The average Bonchev–Trinajstić information content (AvgIpc) is 2.45. The number of hydrogen-bond acceptors (Lipinski definition) is 7. The molecule has 1 aromatic rings. The first-order valence-electron chi connectivity index (χ1n) is 5.68. The smallest absolute Gasteiger partial charge is 0.338 e. The third-order valence-corrected chi connectivity index (χ3v) is 2.55. The first-order chi connectivity index (χ1) is 9.42. The van der Waals surface area contributed by atoms with Crippen molar-refractivity contribution in [1.82, 2.24) is 0 Å². The van der Waals surface area contributed by atoms with Gasteiger partial charge in [-0.05, 0) is 18.6 Å². The standard InChI is InChI=1S/C12H13NO7/c1-2-20-12(17)11(16)10(15)7-3-4-8(6-14)9(5-7)13(18)19/h3-6,10-11,15-16H,2H2,1H3. The Morgan fingerprint density at radius 1 is 1.50 bits per heavy atom. The minimum absolute atomic E-state index is 0.0207. The molecule has 0 radical (unpaired) electrons. The molecule has 0 heterocycles. The summed E-state index contributed by atoms with van der Waals surface area (Å²) in [6.45, 7) is 1.55. The van der Waals surface area contributed by atoms with Gasteiger partial charge in [-0.3, -0.25) is 14.9 Å². The van der Waals surface area contributed by atoms with Crippen molar-refractivity contribution in [2.24, 2.45) is 0 Å². The van der Waals surface area contributed by atoms with Crippen LogP contribution in [0, 0.1) is 10.1 Å². The summed E-state index contributed by atoms with van der Waals surface area (Å²) in [5.41, 5.74) is -0.757. The number of nitro groups is 1.